The molecule has 164 valence electrons. The van der Waals surface area contributed by atoms with E-state index in [1.54, 1.807) is 23.3 Å². The van der Waals surface area contributed by atoms with Crippen molar-refractivity contribution < 1.29 is 52.6 Å². The van der Waals surface area contributed by atoms with Gasteiger partial charge in [-0.1, -0.05) is 36.4 Å². The summed E-state index contributed by atoms with van der Waals surface area (Å²) in [6.07, 6.45) is 3.45. The molecule has 0 bridgehead atoms. The number of hydrogen-bond donors (Lipinski definition) is 0. The van der Waals surface area contributed by atoms with Crippen molar-refractivity contribution in [3.05, 3.63) is 83.4 Å². The van der Waals surface area contributed by atoms with Gasteiger partial charge in [-0.25, -0.2) is 0 Å². The molecule has 0 radical (unpaired) electrons. The molecule has 1 aliphatic rings. The van der Waals surface area contributed by atoms with Crippen LogP contribution in [0.4, 0.5) is 0 Å². The predicted molar refractivity (Wildman–Crippen MR) is 127 cm³/mol. The van der Waals surface area contributed by atoms with Crippen molar-refractivity contribution in [2.75, 3.05) is 6.61 Å². The molecular formula is C25H31Cl2OSi2Zr-. The van der Waals surface area contributed by atoms with Gasteiger partial charge < -0.3 is 29.2 Å². The predicted octanol–water partition coefficient (Wildman–Crippen LogP) is 1.12. The van der Waals surface area contributed by atoms with E-state index in [2.05, 4.69) is 99.5 Å². The van der Waals surface area contributed by atoms with Crippen molar-refractivity contribution in [3.8, 4) is 0 Å². The number of allylic oxidation sites excluding steroid dienone is 1. The van der Waals surface area contributed by atoms with Crippen molar-refractivity contribution >= 4 is 30.1 Å². The minimum absolute atomic E-state index is 0. The molecule has 6 heteroatoms. The third kappa shape index (κ3) is 7.87. The molecule has 0 saturated heterocycles. The fourth-order valence-electron chi connectivity index (χ4n) is 3.83. The molecule has 0 fully saturated rings. The van der Waals surface area contributed by atoms with Crippen LogP contribution in [0.1, 0.15) is 29.0 Å². The smallest absolute Gasteiger partial charge is 1.00 e. The van der Waals surface area contributed by atoms with Crippen LogP contribution in [0.2, 0.25) is 32.7 Å². The van der Waals surface area contributed by atoms with E-state index in [0.717, 1.165) is 13.0 Å². The summed E-state index contributed by atoms with van der Waals surface area (Å²) in [6.45, 7) is 12.2. The van der Waals surface area contributed by atoms with Crippen molar-refractivity contribution in [3.63, 3.8) is 0 Å². The SMILES string of the molecule is C[Si](C)(C)OCCC1=CC([c-]2ccc3ccccc32)c2ccccc21.C[Si](C)=[Zr+2].[Cl-].[Cl-]. The van der Waals surface area contributed by atoms with Gasteiger partial charge in [0.1, 0.15) is 0 Å². The molecule has 0 heterocycles. The van der Waals surface area contributed by atoms with Crippen LogP contribution in [0, 0.1) is 0 Å². The zero-order chi connectivity index (χ0) is 21.0. The van der Waals surface area contributed by atoms with Gasteiger partial charge in [0, 0.05) is 6.61 Å². The van der Waals surface area contributed by atoms with Gasteiger partial charge in [-0.3, -0.25) is 0 Å². The van der Waals surface area contributed by atoms with Gasteiger partial charge in [0.2, 0.25) is 0 Å². The number of rotatable bonds is 5. The Labute approximate surface area is 216 Å². The molecule has 0 saturated carbocycles. The first-order valence-electron chi connectivity index (χ1n) is 10.4. The second kappa shape index (κ2) is 12.8. The van der Waals surface area contributed by atoms with Gasteiger partial charge >= 0.3 is 41.9 Å². The van der Waals surface area contributed by atoms with Gasteiger partial charge in [-0.2, -0.15) is 6.07 Å². The maximum Gasteiger partial charge on any atom is -1.00 e. The maximum atomic E-state index is 6.10. The molecule has 1 aliphatic carbocycles. The van der Waals surface area contributed by atoms with E-state index < -0.39 is 8.32 Å². The summed E-state index contributed by atoms with van der Waals surface area (Å²) in [5, 5.41) is 2.71. The molecule has 0 amide bonds. The average molecular weight is 566 g/mol. The van der Waals surface area contributed by atoms with Crippen LogP contribution in [0.25, 0.3) is 16.3 Å². The van der Waals surface area contributed by atoms with Crippen LogP contribution in [0.3, 0.4) is 0 Å². The Kier molecular flexibility index (Phi) is 11.8. The first-order valence-corrected chi connectivity index (χ1v) is 20.0. The molecule has 0 aliphatic heterocycles. The Balaban J connectivity index is 0.000000741. The van der Waals surface area contributed by atoms with Crippen LogP contribution in [0.15, 0.2) is 66.7 Å². The quantitative estimate of drug-likeness (QED) is 0.333. The Hall–Kier alpha value is -0.353. The zero-order valence-corrected chi connectivity index (χ0v) is 25.0. The maximum absolute atomic E-state index is 6.10. The Morgan fingerprint density at radius 1 is 0.968 bits per heavy atom. The Morgan fingerprint density at radius 3 is 2.26 bits per heavy atom. The molecule has 31 heavy (non-hydrogen) atoms. The van der Waals surface area contributed by atoms with Gasteiger partial charge in [0.05, 0.1) is 0 Å². The van der Waals surface area contributed by atoms with E-state index in [1.807, 2.05) is 0 Å². The summed E-state index contributed by atoms with van der Waals surface area (Å²) in [5.41, 5.74) is 5.90. The summed E-state index contributed by atoms with van der Waals surface area (Å²) >= 11 is 1.74. The van der Waals surface area contributed by atoms with Gasteiger partial charge in [0.25, 0.3) is 0 Å². The van der Waals surface area contributed by atoms with Crippen LogP contribution in [-0.4, -0.2) is 20.4 Å². The molecule has 1 atom stereocenters. The normalized spacial score (nSPS) is 14.5. The molecule has 3 aromatic rings. The van der Waals surface area contributed by atoms with Crippen LogP contribution < -0.4 is 24.8 Å². The van der Waals surface area contributed by atoms with Gasteiger partial charge in [-0.05, 0) is 48.7 Å². The third-order valence-corrected chi connectivity index (χ3v) is 6.04. The molecule has 0 spiro atoms. The van der Waals surface area contributed by atoms with Crippen molar-refractivity contribution in [2.24, 2.45) is 0 Å². The summed E-state index contributed by atoms with van der Waals surface area (Å²) in [6, 6.07) is 22.1. The number of fused-ring (bicyclic) bond motifs is 2. The van der Waals surface area contributed by atoms with Crippen LogP contribution in [-0.2, 0) is 27.8 Å². The monoisotopic (exact) mass is 563 g/mol. The standard InChI is InChI=1S/C23H25OSi.C2H6Si.2ClH.Zr/c1-25(2,3)24-15-14-18-16-23(21-11-7-6-10-20(18)21)22-13-12-17-8-4-5-9-19(17)22;1-3-2;;;/h4-13,16,23H,14-15H2,1-3H3;1-2H3;2*1H;/q-1;;;;+2/p-2. The minimum Gasteiger partial charge on any atom is -1.00 e. The number of hydrogen-bond acceptors (Lipinski definition) is 1. The third-order valence-electron chi connectivity index (χ3n) is 4.97. The molecule has 4 rings (SSSR count). The average Bonchev–Trinajstić information content (AvgIpc) is 3.22. The fraction of sp³-hybridized carbons (Fsp3) is 0.320. The molecular weight excluding hydrogens is 535 g/mol. The largest absolute Gasteiger partial charge is 1.00 e. The molecule has 0 aromatic heterocycles. The van der Waals surface area contributed by atoms with Crippen LogP contribution >= 0.6 is 0 Å². The zero-order valence-electron chi connectivity index (χ0n) is 19.0. The molecule has 1 unspecified atom stereocenters. The Bertz CT molecular complexity index is 1030. The van der Waals surface area contributed by atoms with E-state index in [-0.39, 0.29) is 30.2 Å². The van der Waals surface area contributed by atoms with E-state index >= 15 is 0 Å². The van der Waals surface area contributed by atoms with E-state index in [9.17, 15) is 0 Å². The summed E-state index contributed by atoms with van der Waals surface area (Å²) in [5.74, 6) is 0.359. The molecule has 0 N–H and O–H groups in total. The van der Waals surface area contributed by atoms with E-state index in [1.165, 1.54) is 33.0 Å². The fourth-order valence-corrected chi connectivity index (χ4v) is 4.54. The number of halogens is 2. The van der Waals surface area contributed by atoms with Crippen molar-refractivity contribution in [1.29, 1.82) is 0 Å². The van der Waals surface area contributed by atoms with E-state index in [0.29, 0.717) is 5.92 Å². The second-order valence-corrected chi connectivity index (χ2v) is 22.7. The molecule has 3 aromatic carbocycles. The minimum atomic E-state index is -1.45. The van der Waals surface area contributed by atoms with Crippen molar-refractivity contribution in [1.82, 2.24) is 0 Å². The van der Waals surface area contributed by atoms with E-state index in [4.69, 9.17) is 4.43 Å². The summed E-state index contributed by atoms with van der Waals surface area (Å²) < 4.78 is 6.10. The topological polar surface area (TPSA) is 9.23 Å². The first kappa shape index (κ1) is 28.7. The number of benzene rings is 2. The van der Waals surface area contributed by atoms with Gasteiger partial charge in [0.15, 0.2) is 8.32 Å². The summed E-state index contributed by atoms with van der Waals surface area (Å²) in [4.78, 5) is 0. The Morgan fingerprint density at radius 2 is 1.58 bits per heavy atom. The van der Waals surface area contributed by atoms with Crippen LogP contribution in [0.5, 0.6) is 0 Å². The van der Waals surface area contributed by atoms with Gasteiger partial charge in [-0.15, -0.1) is 40.6 Å². The first-order chi connectivity index (χ1) is 13.8. The molecule has 1 nitrogen and oxygen atoms in total. The summed E-state index contributed by atoms with van der Waals surface area (Å²) in [7, 11) is -1.45. The second-order valence-electron chi connectivity index (χ2n) is 8.84. The van der Waals surface area contributed by atoms with Crippen molar-refractivity contribution in [2.45, 2.75) is 45.1 Å².